The maximum atomic E-state index is 13.6. The number of benzene rings is 2. The smallest absolute Gasteiger partial charge is 0.256 e. The summed E-state index contributed by atoms with van der Waals surface area (Å²) in [5, 5.41) is 3.66. The van der Waals surface area contributed by atoms with E-state index in [1.165, 1.54) is 25.9 Å². The standard InChI is InChI=1S/C30H31ClN4O2/c1-19-17-24(30(37)35-15-11-22(12-16-35)34-13-2-3-14-34)27(32-19)18-25-28-23(20-7-9-21(31)10-8-20)5-4-6-26(28)33-29(25)36/h4-10,17-18,22,32H,2-3,11-16H2,1H3,(H,33,36)/b25-18-. The molecule has 3 aliphatic heterocycles. The van der Waals surface area contributed by atoms with Gasteiger partial charge < -0.3 is 20.1 Å². The predicted octanol–water partition coefficient (Wildman–Crippen LogP) is 5.84. The number of aryl methyl sites for hydroxylation is 1. The number of likely N-dealkylation sites (tertiary alicyclic amines) is 2. The lowest BCUT2D eigenvalue weighted by Gasteiger charge is -2.36. The lowest BCUT2D eigenvalue weighted by molar-refractivity contribution is -0.110. The molecule has 3 aromatic rings. The lowest BCUT2D eigenvalue weighted by Crippen LogP contribution is -2.46. The van der Waals surface area contributed by atoms with E-state index in [-0.39, 0.29) is 11.8 Å². The molecule has 1 aromatic heterocycles. The van der Waals surface area contributed by atoms with Gasteiger partial charge >= 0.3 is 0 Å². The summed E-state index contributed by atoms with van der Waals surface area (Å²) >= 11 is 6.11. The molecule has 0 saturated carbocycles. The summed E-state index contributed by atoms with van der Waals surface area (Å²) in [5.74, 6) is -0.144. The van der Waals surface area contributed by atoms with Crippen LogP contribution in [-0.4, -0.2) is 58.8 Å². The van der Waals surface area contributed by atoms with Gasteiger partial charge in [-0.1, -0.05) is 35.9 Å². The highest BCUT2D eigenvalue weighted by molar-refractivity contribution is 6.36. The van der Waals surface area contributed by atoms with E-state index in [2.05, 4.69) is 15.2 Å². The van der Waals surface area contributed by atoms with Crippen LogP contribution in [0.15, 0.2) is 48.5 Å². The fourth-order valence-electron chi connectivity index (χ4n) is 6.01. The van der Waals surface area contributed by atoms with Gasteiger partial charge in [-0.05, 0) is 87.2 Å². The van der Waals surface area contributed by atoms with Crippen molar-refractivity contribution >= 4 is 40.8 Å². The van der Waals surface area contributed by atoms with Crippen LogP contribution >= 0.6 is 11.6 Å². The Kier molecular flexibility index (Phi) is 6.39. The molecule has 0 atom stereocenters. The van der Waals surface area contributed by atoms with Crippen LogP contribution in [0.5, 0.6) is 0 Å². The molecule has 2 N–H and O–H groups in total. The zero-order valence-corrected chi connectivity index (χ0v) is 21.8. The molecule has 6 rings (SSSR count). The van der Waals surface area contributed by atoms with Gasteiger partial charge in [-0.3, -0.25) is 9.59 Å². The van der Waals surface area contributed by atoms with Crippen molar-refractivity contribution in [2.24, 2.45) is 0 Å². The molecule has 2 amide bonds. The first kappa shape index (κ1) is 24.0. The Balaban J connectivity index is 1.30. The van der Waals surface area contributed by atoms with Gasteiger partial charge in [0.2, 0.25) is 0 Å². The molecular weight excluding hydrogens is 484 g/mol. The van der Waals surface area contributed by atoms with E-state index >= 15 is 0 Å². The van der Waals surface area contributed by atoms with Gasteiger partial charge in [-0.2, -0.15) is 0 Å². The Bertz CT molecular complexity index is 1380. The summed E-state index contributed by atoms with van der Waals surface area (Å²) in [5.41, 5.74) is 6.26. The summed E-state index contributed by atoms with van der Waals surface area (Å²) < 4.78 is 0. The summed E-state index contributed by atoms with van der Waals surface area (Å²) in [6, 6.07) is 16.0. The van der Waals surface area contributed by atoms with E-state index < -0.39 is 0 Å². The van der Waals surface area contributed by atoms with Gasteiger partial charge in [0.05, 0.1) is 16.8 Å². The number of fused-ring (bicyclic) bond motifs is 1. The van der Waals surface area contributed by atoms with Crippen molar-refractivity contribution in [3.63, 3.8) is 0 Å². The normalized spacial score (nSPS) is 19.5. The van der Waals surface area contributed by atoms with Gasteiger partial charge in [-0.25, -0.2) is 0 Å². The maximum Gasteiger partial charge on any atom is 0.256 e. The summed E-state index contributed by atoms with van der Waals surface area (Å²) in [7, 11) is 0. The fourth-order valence-corrected chi connectivity index (χ4v) is 6.14. The minimum Gasteiger partial charge on any atom is -0.358 e. The van der Waals surface area contributed by atoms with E-state index in [0.717, 1.165) is 54.0 Å². The quantitative estimate of drug-likeness (QED) is 0.430. The minimum absolute atomic E-state index is 0.0284. The molecule has 7 heteroatoms. The van der Waals surface area contributed by atoms with E-state index in [4.69, 9.17) is 11.6 Å². The average molecular weight is 515 g/mol. The molecule has 0 spiro atoms. The molecule has 2 fully saturated rings. The third-order valence-electron chi connectivity index (χ3n) is 7.89. The van der Waals surface area contributed by atoms with Gasteiger partial charge in [0.1, 0.15) is 0 Å². The summed E-state index contributed by atoms with van der Waals surface area (Å²) in [6.45, 7) is 5.86. The molecule has 4 heterocycles. The van der Waals surface area contributed by atoms with Gasteiger partial charge in [-0.15, -0.1) is 0 Å². The average Bonchev–Trinajstić information content (AvgIpc) is 3.64. The van der Waals surface area contributed by atoms with Crippen LogP contribution in [0.1, 0.15) is 53.0 Å². The molecule has 0 aliphatic carbocycles. The van der Waals surface area contributed by atoms with E-state index in [1.807, 2.05) is 66.4 Å². The van der Waals surface area contributed by atoms with Crippen molar-refractivity contribution in [2.45, 2.75) is 38.6 Å². The molecule has 37 heavy (non-hydrogen) atoms. The number of anilines is 1. The zero-order chi connectivity index (χ0) is 25.5. The summed E-state index contributed by atoms with van der Waals surface area (Å²) in [4.78, 5) is 34.6. The second-order valence-corrected chi connectivity index (χ2v) is 10.7. The molecular formula is C30H31ClN4O2. The highest BCUT2D eigenvalue weighted by Crippen LogP contribution is 2.41. The van der Waals surface area contributed by atoms with Crippen LogP contribution in [0.4, 0.5) is 5.69 Å². The third-order valence-corrected chi connectivity index (χ3v) is 8.14. The monoisotopic (exact) mass is 514 g/mol. The first-order valence-electron chi connectivity index (χ1n) is 13.1. The molecule has 3 aliphatic rings. The van der Waals surface area contributed by atoms with Gasteiger partial charge in [0, 0.05) is 41.1 Å². The number of carbonyl (C=O) groups excluding carboxylic acids is 2. The second-order valence-electron chi connectivity index (χ2n) is 10.3. The van der Waals surface area contributed by atoms with Crippen LogP contribution in [-0.2, 0) is 4.79 Å². The number of nitrogens with one attached hydrogen (secondary N) is 2. The van der Waals surface area contributed by atoms with Crippen molar-refractivity contribution in [3.05, 3.63) is 76.1 Å². The number of amides is 2. The van der Waals surface area contributed by atoms with Crippen LogP contribution in [0.2, 0.25) is 5.02 Å². The van der Waals surface area contributed by atoms with Crippen LogP contribution in [0.25, 0.3) is 22.8 Å². The highest BCUT2D eigenvalue weighted by Gasteiger charge is 2.31. The van der Waals surface area contributed by atoms with E-state index in [9.17, 15) is 9.59 Å². The molecule has 0 radical (unpaired) electrons. The number of hydrogen-bond acceptors (Lipinski definition) is 3. The molecule has 6 nitrogen and oxygen atoms in total. The number of H-pyrrole nitrogens is 1. The van der Waals surface area contributed by atoms with Crippen molar-refractivity contribution in [1.29, 1.82) is 0 Å². The Morgan fingerprint density at radius 1 is 1.03 bits per heavy atom. The molecule has 2 aromatic carbocycles. The van der Waals surface area contributed by atoms with Crippen LogP contribution in [0.3, 0.4) is 0 Å². The second kappa shape index (κ2) is 9.84. The van der Waals surface area contributed by atoms with Gasteiger partial charge in [0.15, 0.2) is 0 Å². The largest absolute Gasteiger partial charge is 0.358 e. The Labute approximate surface area is 222 Å². The zero-order valence-electron chi connectivity index (χ0n) is 21.0. The first-order valence-corrected chi connectivity index (χ1v) is 13.5. The number of aromatic nitrogens is 1. The number of carbonyl (C=O) groups is 2. The Morgan fingerprint density at radius 3 is 2.49 bits per heavy atom. The van der Waals surface area contributed by atoms with Crippen LogP contribution < -0.4 is 5.32 Å². The van der Waals surface area contributed by atoms with E-state index in [0.29, 0.717) is 27.9 Å². The number of aromatic amines is 1. The third kappa shape index (κ3) is 4.60. The Hall–Kier alpha value is -3.35. The van der Waals surface area contributed by atoms with Crippen LogP contribution in [0, 0.1) is 6.92 Å². The maximum absolute atomic E-state index is 13.6. The minimum atomic E-state index is -0.173. The number of nitrogens with zero attached hydrogens (tertiary/aromatic N) is 2. The fraction of sp³-hybridized carbons (Fsp3) is 0.333. The molecule has 0 bridgehead atoms. The van der Waals surface area contributed by atoms with Crippen molar-refractivity contribution in [2.75, 3.05) is 31.5 Å². The predicted molar refractivity (Wildman–Crippen MR) is 149 cm³/mol. The number of halogens is 1. The van der Waals surface area contributed by atoms with Crippen molar-refractivity contribution < 1.29 is 9.59 Å². The highest BCUT2D eigenvalue weighted by atomic mass is 35.5. The lowest BCUT2D eigenvalue weighted by atomic mass is 9.94. The van der Waals surface area contributed by atoms with Gasteiger partial charge in [0.25, 0.3) is 11.8 Å². The SMILES string of the molecule is Cc1cc(C(=O)N2CCC(N3CCCC3)CC2)c(/C=C2\C(=O)Nc3cccc(-c4ccc(Cl)cc4)c32)[nH]1. The number of piperidine rings is 1. The number of rotatable bonds is 4. The molecule has 0 unspecified atom stereocenters. The number of hydrogen-bond donors (Lipinski definition) is 2. The van der Waals surface area contributed by atoms with Crippen molar-refractivity contribution in [1.82, 2.24) is 14.8 Å². The molecule has 2 saturated heterocycles. The van der Waals surface area contributed by atoms with E-state index in [1.54, 1.807) is 0 Å². The molecule has 190 valence electrons. The summed E-state index contributed by atoms with van der Waals surface area (Å²) in [6.07, 6.45) is 6.45. The van der Waals surface area contributed by atoms with Crippen molar-refractivity contribution in [3.8, 4) is 11.1 Å². The Morgan fingerprint density at radius 2 is 1.76 bits per heavy atom. The first-order chi connectivity index (χ1) is 18.0. The topological polar surface area (TPSA) is 68.4 Å².